The number of hydrogen-bond acceptors (Lipinski definition) is 6. The number of nitro groups is 1. The SMILES string of the molecule is COc1ccc([N+](=O)[O-])cc1S(=O)(=O)N[C@@H]1CCCC[C@H]1N. The number of ether oxygens (including phenoxy) is 1. The van der Waals surface area contributed by atoms with Gasteiger partial charge in [-0.3, -0.25) is 10.1 Å². The van der Waals surface area contributed by atoms with Gasteiger partial charge in [0.25, 0.3) is 5.69 Å². The second-order valence-electron chi connectivity index (χ2n) is 5.27. The Bertz CT molecular complexity index is 662. The predicted octanol–water partition coefficient (Wildman–Crippen LogP) is 1.15. The highest BCUT2D eigenvalue weighted by molar-refractivity contribution is 7.89. The van der Waals surface area contributed by atoms with Gasteiger partial charge in [-0.2, -0.15) is 0 Å². The van der Waals surface area contributed by atoms with Crippen molar-refractivity contribution in [3.8, 4) is 5.75 Å². The first-order valence-electron chi connectivity index (χ1n) is 6.95. The summed E-state index contributed by atoms with van der Waals surface area (Å²) in [5.41, 5.74) is 5.64. The van der Waals surface area contributed by atoms with Crippen LogP contribution in [0, 0.1) is 10.1 Å². The van der Waals surface area contributed by atoms with Crippen molar-refractivity contribution in [2.45, 2.75) is 42.7 Å². The summed E-state index contributed by atoms with van der Waals surface area (Å²) >= 11 is 0. The Labute approximate surface area is 128 Å². The van der Waals surface area contributed by atoms with Gasteiger partial charge in [-0.1, -0.05) is 12.8 Å². The number of nitrogens with one attached hydrogen (secondary N) is 1. The Morgan fingerprint density at radius 3 is 2.64 bits per heavy atom. The van der Waals surface area contributed by atoms with Crippen molar-refractivity contribution in [3.63, 3.8) is 0 Å². The lowest BCUT2D eigenvalue weighted by Gasteiger charge is -2.29. The van der Waals surface area contributed by atoms with Crippen LogP contribution in [0.4, 0.5) is 5.69 Å². The van der Waals surface area contributed by atoms with Crippen molar-refractivity contribution in [2.75, 3.05) is 7.11 Å². The molecule has 22 heavy (non-hydrogen) atoms. The first-order valence-corrected chi connectivity index (χ1v) is 8.44. The van der Waals surface area contributed by atoms with Gasteiger partial charge in [0.2, 0.25) is 10.0 Å². The molecule has 122 valence electrons. The van der Waals surface area contributed by atoms with Gasteiger partial charge >= 0.3 is 0 Å². The molecular formula is C13H19N3O5S. The molecule has 0 amide bonds. The number of sulfonamides is 1. The molecule has 1 saturated carbocycles. The zero-order chi connectivity index (χ0) is 16.3. The number of benzene rings is 1. The molecule has 1 fully saturated rings. The van der Waals surface area contributed by atoms with Crippen LogP contribution in [0.1, 0.15) is 25.7 Å². The molecule has 3 N–H and O–H groups in total. The van der Waals surface area contributed by atoms with E-state index in [0.29, 0.717) is 6.42 Å². The molecule has 1 aliphatic rings. The van der Waals surface area contributed by atoms with E-state index in [-0.39, 0.29) is 28.4 Å². The third kappa shape index (κ3) is 3.54. The maximum Gasteiger partial charge on any atom is 0.271 e. The molecule has 1 aliphatic carbocycles. The number of nitrogens with two attached hydrogens (primary N) is 1. The molecule has 0 aliphatic heterocycles. The minimum Gasteiger partial charge on any atom is -0.495 e. The summed E-state index contributed by atoms with van der Waals surface area (Å²) in [6.07, 6.45) is 3.27. The summed E-state index contributed by atoms with van der Waals surface area (Å²) in [5, 5.41) is 10.9. The Balaban J connectivity index is 2.35. The van der Waals surface area contributed by atoms with Crippen LogP contribution in [0.5, 0.6) is 5.75 Å². The minimum atomic E-state index is -3.95. The second kappa shape index (κ2) is 6.59. The normalized spacial score (nSPS) is 22.3. The third-order valence-electron chi connectivity index (χ3n) is 3.77. The summed E-state index contributed by atoms with van der Waals surface area (Å²) in [6.45, 7) is 0. The van der Waals surface area contributed by atoms with Crippen molar-refractivity contribution in [2.24, 2.45) is 5.73 Å². The van der Waals surface area contributed by atoms with Crippen molar-refractivity contribution >= 4 is 15.7 Å². The number of methoxy groups -OCH3 is 1. The topological polar surface area (TPSA) is 125 Å². The first-order chi connectivity index (χ1) is 10.3. The van der Waals surface area contributed by atoms with Gasteiger partial charge in [-0.25, -0.2) is 13.1 Å². The molecule has 2 rings (SSSR count). The smallest absolute Gasteiger partial charge is 0.271 e. The highest BCUT2D eigenvalue weighted by atomic mass is 32.2. The van der Waals surface area contributed by atoms with Crippen LogP contribution < -0.4 is 15.2 Å². The van der Waals surface area contributed by atoms with E-state index in [1.54, 1.807) is 0 Å². The maximum absolute atomic E-state index is 12.5. The number of nitro benzene ring substituents is 1. The van der Waals surface area contributed by atoms with Crippen LogP contribution in [0.25, 0.3) is 0 Å². The summed E-state index contributed by atoms with van der Waals surface area (Å²) < 4.78 is 32.6. The number of nitrogens with zero attached hydrogens (tertiary/aromatic N) is 1. The molecule has 0 spiro atoms. The van der Waals surface area contributed by atoms with Crippen LogP contribution in [-0.4, -0.2) is 32.5 Å². The van der Waals surface area contributed by atoms with Gasteiger partial charge in [0.15, 0.2) is 0 Å². The molecule has 0 bridgehead atoms. The largest absolute Gasteiger partial charge is 0.495 e. The van der Waals surface area contributed by atoms with Crippen LogP contribution in [0.3, 0.4) is 0 Å². The molecule has 2 atom stereocenters. The molecule has 0 aromatic heterocycles. The fourth-order valence-electron chi connectivity index (χ4n) is 2.56. The van der Waals surface area contributed by atoms with Gasteiger partial charge in [0.05, 0.1) is 12.0 Å². The molecule has 1 aromatic carbocycles. The molecule has 0 saturated heterocycles. The fraction of sp³-hybridized carbons (Fsp3) is 0.538. The monoisotopic (exact) mass is 329 g/mol. The lowest BCUT2D eigenvalue weighted by Crippen LogP contribution is -2.49. The van der Waals surface area contributed by atoms with Crippen molar-refractivity contribution < 1.29 is 18.1 Å². The van der Waals surface area contributed by atoms with E-state index in [9.17, 15) is 18.5 Å². The molecule has 0 radical (unpaired) electrons. The van der Waals surface area contributed by atoms with E-state index in [4.69, 9.17) is 10.5 Å². The van der Waals surface area contributed by atoms with E-state index in [1.165, 1.54) is 19.2 Å². The third-order valence-corrected chi connectivity index (χ3v) is 5.28. The van der Waals surface area contributed by atoms with Gasteiger partial charge in [0.1, 0.15) is 10.6 Å². The highest BCUT2D eigenvalue weighted by Gasteiger charge is 2.30. The van der Waals surface area contributed by atoms with Crippen LogP contribution in [-0.2, 0) is 10.0 Å². The standard InChI is InChI=1S/C13H19N3O5S/c1-21-12-7-6-9(16(17)18)8-13(12)22(19,20)15-11-5-3-2-4-10(11)14/h6-8,10-11,15H,2-5,14H2,1H3/t10-,11-/m1/s1. The van der Waals surface area contributed by atoms with E-state index in [0.717, 1.165) is 25.3 Å². The lowest BCUT2D eigenvalue weighted by atomic mass is 9.92. The summed E-state index contributed by atoms with van der Waals surface area (Å²) in [4.78, 5) is 9.96. The molecular weight excluding hydrogens is 310 g/mol. The molecule has 0 heterocycles. The summed E-state index contributed by atoms with van der Waals surface area (Å²) in [5.74, 6) is 0.0579. The fourth-order valence-corrected chi connectivity index (χ4v) is 4.07. The summed E-state index contributed by atoms with van der Waals surface area (Å²) in [6, 6.07) is 2.84. The number of non-ortho nitro benzene ring substituents is 1. The average Bonchev–Trinajstić information content (AvgIpc) is 2.48. The van der Waals surface area contributed by atoms with Gasteiger partial charge in [-0.05, 0) is 18.9 Å². The zero-order valence-corrected chi connectivity index (χ0v) is 13.0. The maximum atomic E-state index is 12.5. The average molecular weight is 329 g/mol. The van der Waals surface area contributed by atoms with Gasteiger partial charge in [0, 0.05) is 24.2 Å². The highest BCUT2D eigenvalue weighted by Crippen LogP contribution is 2.29. The van der Waals surface area contributed by atoms with Crippen molar-refractivity contribution in [1.29, 1.82) is 0 Å². The van der Waals surface area contributed by atoms with Crippen molar-refractivity contribution in [3.05, 3.63) is 28.3 Å². The molecule has 0 unspecified atom stereocenters. The second-order valence-corrected chi connectivity index (χ2v) is 6.95. The van der Waals surface area contributed by atoms with Gasteiger partial charge < -0.3 is 10.5 Å². The lowest BCUT2D eigenvalue weighted by molar-refractivity contribution is -0.385. The predicted molar refractivity (Wildman–Crippen MR) is 80.2 cm³/mol. The Morgan fingerprint density at radius 1 is 1.36 bits per heavy atom. The Hall–Kier alpha value is -1.71. The quantitative estimate of drug-likeness (QED) is 0.617. The molecule has 1 aromatic rings. The number of hydrogen-bond donors (Lipinski definition) is 2. The minimum absolute atomic E-state index is 0.0579. The Kier molecular flexibility index (Phi) is 4.99. The van der Waals surface area contributed by atoms with Crippen LogP contribution in [0.2, 0.25) is 0 Å². The van der Waals surface area contributed by atoms with E-state index < -0.39 is 14.9 Å². The summed E-state index contributed by atoms with van der Waals surface area (Å²) in [7, 11) is -2.64. The van der Waals surface area contributed by atoms with Gasteiger partial charge in [-0.15, -0.1) is 0 Å². The first kappa shape index (κ1) is 16.7. The number of rotatable bonds is 5. The van der Waals surface area contributed by atoms with Crippen LogP contribution in [0.15, 0.2) is 23.1 Å². The molecule has 9 heteroatoms. The van der Waals surface area contributed by atoms with E-state index >= 15 is 0 Å². The van der Waals surface area contributed by atoms with Crippen molar-refractivity contribution in [1.82, 2.24) is 4.72 Å². The molecule has 8 nitrogen and oxygen atoms in total. The van der Waals surface area contributed by atoms with E-state index in [2.05, 4.69) is 4.72 Å². The van der Waals surface area contributed by atoms with E-state index in [1.807, 2.05) is 0 Å². The van der Waals surface area contributed by atoms with Crippen LogP contribution >= 0.6 is 0 Å². The Morgan fingerprint density at radius 2 is 2.05 bits per heavy atom. The zero-order valence-electron chi connectivity index (χ0n) is 12.2.